The smallest absolute Gasteiger partial charge is 0.153 e. The lowest BCUT2D eigenvalue weighted by molar-refractivity contribution is 1.13. The number of benzene rings is 2. The number of anilines is 1. The van der Waals surface area contributed by atoms with E-state index in [1.807, 2.05) is 42.5 Å². The van der Waals surface area contributed by atoms with Gasteiger partial charge in [-0.15, -0.1) is 0 Å². The van der Waals surface area contributed by atoms with Gasteiger partial charge in [-0.05, 0) is 29.3 Å². The van der Waals surface area contributed by atoms with Gasteiger partial charge in [0.15, 0.2) is 5.82 Å². The zero-order valence-corrected chi connectivity index (χ0v) is 9.70. The van der Waals surface area contributed by atoms with Crippen molar-refractivity contribution in [2.24, 2.45) is 0 Å². The minimum Gasteiger partial charge on any atom is -0.382 e. The van der Waals surface area contributed by atoms with E-state index in [2.05, 4.69) is 10.2 Å². The molecule has 0 spiro atoms. The van der Waals surface area contributed by atoms with Gasteiger partial charge in [0, 0.05) is 5.02 Å². The third-order valence-corrected chi connectivity index (χ3v) is 2.99. The molecule has 1 heterocycles. The molecule has 4 heteroatoms. The number of fused-ring (bicyclic) bond motifs is 1. The zero-order valence-electron chi connectivity index (χ0n) is 8.94. The third kappa shape index (κ3) is 1.65. The Hall–Kier alpha value is -2.00. The molecule has 3 rings (SSSR count). The SMILES string of the molecule is Nc1n[nH]c2cccc(-c3cccc(Cl)c3)c12. The maximum absolute atomic E-state index is 6.00. The monoisotopic (exact) mass is 243 g/mol. The fourth-order valence-electron chi connectivity index (χ4n) is 1.99. The standard InChI is InChI=1S/C13H10ClN3/c14-9-4-1-3-8(7-9)10-5-2-6-11-12(10)13(15)17-16-11/h1-7H,(H3,15,16,17). The van der Waals surface area contributed by atoms with Crippen LogP contribution in [0.3, 0.4) is 0 Å². The summed E-state index contributed by atoms with van der Waals surface area (Å²) in [4.78, 5) is 0. The second-order valence-corrected chi connectivity index (χ2v) is 4.28. The summed E-state index contributed by atoms with van der Waals surface area (Å²) in [5, 5.41) is 8.58. The Labute approximate surface area is 103 Å². The van der Waals surface area contributed by atoms with Crippen molar-refractivity contribution in [2.75, 3.05) is 5.73 Å². The van der Waals surface area contributed by atoms with Gasteiger partial charge < -0.3 is 5.73 Å². The molecule has 0 saturated heterocycles. The first-order valence-electron chi connectivity index (χ1n) is 5.24. The molecular formula is C13H10ClN3. The van der Waals surface area contributed by atoms with Gasteiger partial charge in [-0.2, -0.15) is 5.10 Å². The molecule has 0 bridgehead atoms. The molecule has 0 atom stereocenters. The van der Waals surface area contributed by atoms with E-state index in [-0.39, 0.29) is 0 Å². The van der Waals surface area contributed by atoms with E-state index in [9.17, 15) is 0 Å². The van der Waals surface area contributed by atoms with E-state index in [1.165, 1.54) is 0 Å². The number of halogens is 1. The molecule has 17 heavy (non-hydrogen) atoms. The Bertz CT molecular complexity index is 688. The molecule has 1 aromatic heterocycles. The maximum atomic E-state index is 6.00. The van der Waals surface area contributed by atoms with Crippen molar-refractivity contribution in [3.05, 3.63) is 47.5 Å². The fourth-order valence-corrected chi connectivity index (χ4v) is 2.18. The number of aromatic nitrogens is 2. The lowest BCUT2D eigenvalue weighted by atomic mass is 10.0. The summed E-state index contributed by atoms with van der Waals surface area (Å²) in [6.45, 7) is 0. The summed E-state index contributed by atoms with van der Waals surface area (Å²) in [7, 11) is 0. The highest BCUT2D eigenvalue weighted by molar-refractivity contribution is 6.30. The topological polar surface area (TPSA) is 54.7 Å². The van der Waals surface area contributed by atoms with Crippen LogP contribution in [0, 0.1) is 0 Å². The molecule has 0 aliphatic heterocycles. The van der Waals surface area contributed by atoms with Crippen LogP contribution >= 0.6 is 11.6 Å². The maximum Gasteiger partial charge on any atom is 0.153 e. The number of aromatic amines is 1. The second-order valence-electron chi connectivity index (χ2n) is 3.85. The van der Waals surface area contributed by atoms with Crippen molar-refractivity contribution < 1.29 is 0 Å². The van der Waals surface area contributed by atoms with Gasteiger partial charge in [0.2, 0.25) is 0 Å². The van der Waals surface area contributed by atoms with Crippen molar-refractivity contribution in [3.8, 4) is 11.1 Å². The predicted molar refractivity (Wildman–Crippen MR) is 71.0 cm³/mol. The van der Waals surface area contributed by atoms with E-state index in [0.717, 1.165) is 22.0 Å². The van der Waals surface area contributed by atoms with Crippen molar-refractivity contribution in [2.45, 2.75) is 0 Å². The van der Waals surface area contributed by atoms with Crippen LogP contribution < -0.4 is 5.73 Å². The molecule has 2 aromatic carbocycles. The summed E-state index contributed by atoms with van der Waals surface area (Å²) < 4.78 is 0. The highest BCUT2D eigenvalue weighted by Crippen LogP contribution is 2.32. The number of H-pyrrole nitrogens is 1. The van der Waals surface area contributed by atoms with Gasteiger partial charge in [0.1, 0.15) is 0 Å². The first-order chi connectivity index (χ1) is 8.25. The highest BCUT2D eigenvalue weighted by atomic mass is 35.5. The Morgan fingerprint density at radius 1 is 1.12 bits per heavy atom. The summed E-state index contributed by atoms with van der Waals surface area (Å²) >= 11 is 6.00. The second kappa shape index (κ2) is 3.79. The minimum absolute atomic E-state index is 0.510. The minimum atomic E-state index is 0.510. The van der Waals surface area contributed by atoms with Crippen LogP contribution in [0.2, 0.25) is 5.02 Å². The van der Waals surface area contributed by atoms with E-state index in [0.29, 0.717) is 10.8 Å². The van der Waals surface area contributed by atoms with Gasteiger partial charge in [0.25, 0.3) is 0 Å². The largest absolute Gasteiger partial charge is 0.382 e. The van der Waals surface area contributed by atoms with Gasteiger partial charge >= 0.3 is 0 Å². The number of nitrogens with zero attached hydrogens (tertiary/aromatic N) is 1. The first kappa shape index (κ1) is 10.2. The molecule has 0 amide bonds. The average molecular weight is 244 g/mol. The molecular weight excluding hydrogens is 234 g/mol. The molecule has 0 aliphatic carbocycles. The number of nitrogens with one attached hydrogen (secondary N) is 1. The molecule has 0 fully saturated rings. The number of rotatable bonds is 1. The van der Waals surface area contributed by atoms with Gasteiger partial charge in [-0.25, -0.2) is 0 Å². The Morgan fingerprint density at radius 3 is 2.76 bits per heavy atom. The van der Waals surface area contributed by atoms with Gasteiger partial charge in [-0.3, -0.25) is 5.10 Å². The first-order valence-corrected chi connectivity index (χ1v) is 5.62. The Morgan fingerprint density at radius 2 is 1.94 bits per heavy atom. The molecule has 0 unspecified atom stereocenters. The number of nitrogen functional groups attached to an aromatic ring is 1. The quantitative estimate of drug-likeness (QED) is 0.688. The van der Waals surface area contributed by atoms with E-state index in [1.54, 1.807) is 0 Å². The lowest BCUT2D eigenvalue weighted by Gasteiger charge is -2.04. The molecule has 3 nitrogen and oxygen atoms in total. The number of hydrogen-bond acceptors (Lipinski definition) is 2. The normalized spacial score (nSPS) is 10.9. The highest BCUT2D eigenvalue weighted by Gasteiger charge is 2.09. The number of nitrogens with two attached hydrogens (primary N) is 1. The van der Waals surface area contributed by atoms with E-state index in [4.69, 9.17) is 17.3 Å². The summed E-state index contributed by atoms with van der Waals surface area (Å²) in [5.41, 5.74) is 8.88. The molecule has 84 valence electrons. The molecule has 0 radical (unpaired) electrons. The summed E-state index contributed by atoms with van der Waals surface area (Å²) in [6, 6.07) is 13.6. The zero-order chi connectivity index (χ0) is 11.8. The molecule has 3 N–H and O–H groups in total. The van der Waals surface area contributed by atoms with Gasteiger partial charge in [-0.1, -0.05) is 35.9 Å². The van der Waals surface area contributed by atoms with Crippen LogP contribution in [-0.2, 0) is 0 Å². The van der Waals surface area contributed by atoms with E-state index < -0.39 is 0 Å². The molecule has 0 saturated carbocycles. The number of hydrogen-bond donors (Lipinski definition) is 2. The Kier molecular flexibility index (Phi) is 2.27. The van der Waals surface area contributed by atoms with Crippen LogP contribution in [0.4, 0.5) is 5.82 Å². The Balaban J connectivity index is 2.33. The van der Waals surface area contributed by atoms with Crippen molar-refractivity contribution in [3.63, 3.8) is 0 Å². The average Bonchev–Trinajstić information content (AvgIpc) is 2.71. The van der Waals surface area contributed by atoms with Crippen LogP contribution in [0.1, 0.15) is 0 Å². The van der Waals surface area contributed by atoms with E-state index >= 15 is 0 Å². The summed E-state index contributed by atoms with van der Waals surface area (Å²) in [5.74, 6) is 0.510. The lowest BCUT2D eigenvalue weighted by Crippen LogP contribution is -1.86. The van der Waals surface area contributed by atoms with Crippen LogP contribution in [0.5, 0.6) is 0 Å². The summed E-state index contributed by atoms with van der Waals surface area (Å²) in [6.07, 6.45) is 0. The van der Waals surface area contributed by atoms with Crippen molar-refractivity contribution in [1.29, 1.82) is 0 Å². The molecule has 0 aliphatic rings. The van der Waals surface area contributed by atoms with Crippen molar-refractivity contribution >= 4 is 28.3 Å². The van der Waals surface area contributed by atoms with Gasteiger partial charge in [0.05, 0.1) is 10.9 Å². The van der Waals surface area contributed by atoms with Crippen LogP contribution in [-0.4, -0.2) is 10.2 Å². The molecule has 3 aromatic rings. The van der Waals surface area contributed by atoms with Crippen LogP contribution in [0.25, 0.3) is 22.0 Å². The fraction of sp³-hybridized carbons (Fsp3) is 0. The predicted octanol–water partition coefficient (Wildman–Crippen LogP) is 3.47. The third-order valence-electron chi connectivity index (χ3n) is 2.75. The van der Waals surface area contributed by atoms with Crippen LogP contribution in [0.15, 0.2) is 42.5 Å². The van der Waals surface area contributed by atoms with Crippen molar-refractivity contribution in [1.82, 2.24) is 10.2 Å².